The van der Waals surface area contributed by atoms with Crippen molar-refractivity contribution in [2.24, 2.45) is 0 Å². The Labute approximate surface area is 185 Å². The summed E-state index contributed by atoms with van der Waals surface area (Å²) in [6.45, 7) is 5.76. The minimum atomic E-state index is 0.102. The molecule has 6 heteroatoms. The topological polar surface area (TPSA) is 44.6 Å². The minimum absolute atomic E-state index is 0.102. The number of carbonyl (C=O) groups excluding carboxylic acids is 1. The Bertz CT molecular complexity index is 1010. The van der Waals surface area contributed by atoms with Crippen molar-refractivity contribution in [1.29, 1.82) is 0 Å². The van der Waals surface area contributed by atoms with Crippen LogP contribution in [-0.4, -0.2) is 60.2 Å². The zero-order valence-electron chi connectivity index (χ0n) is 19.5. The van der Waals surface area contributed by atoms with E-state index in [0.717, 1.165) is 28.3 Å². The van der Waals surface area contributed by atoms with Gasteiger partial charge in [0.1, 0.15) is 0 Å². The molecule has 0 aliphatic heterocycles. The van der Waals surface area contributed by atoms with Crippen molar-refractivity contribution < 1.29 is 4.79 Å². The minimum Gasteiger partial charge on any atom is -0.378 e. The van der Waals surface area contributed by atoms with Crippen LogP contribution in [0.3, 0.4) is 0 Å². The molecule has 0 radical (unpaired) electrons. The van der Waals surface area contributed by atoms with Crippen LogP contribution in [0.5, 0.6) is 0 Å². The Balaban J connectivity index is 1.60. The van der Waals surface area contributed by atoms with Crippen LogP contribution in [0.2, 0.25) is 0 Å². The summed E-state index contributed by atoms with van der Waals surface area (Å²) in [5.41, 5.74) is 6.60. The third kappa shape index (κ3) is 5.52. The van der Waals surface area contributed by atoms with Gasteiger partial charge in [-0.15, -0.1) is 0 Å². The molecule has 1 amide bonds. The summed E-state index contributed by atoms with van der Waals surface area (Å²) in [5, 5.41) is 4.71. The van der Waals surface area contributed by atoms with E-state index in [9.17, 15) is 4.79 Å². The molecule has 1 heterocycles. The van der Waals surface area contributed by atoms with E-state index >= 15 is 0 Å². The van der Waals surface area contributed by atoms with E-state index in [1.165, 1.54) is 5.56 Å². The summed E-state index contributed by atoms with van der Waals surface area (Å²) >= 11 is 0. The number of rotatable bonds is 8. The normalized spacial score (nSPS) is 11.1. The van der Waals surface area contributed by atoms with Gasteiger partial charge in [-0.05, 0) is 50.7 Å². The third-order valence-electron chi connectivity index (χ3n) is 5.57. The summed E-state index contributed by atoms with van der Waals surface area (Å²) in [5.74, 6) is 0.102. The van der Waals surface area contributed by atoms with Gasteiger partial charge in [0.25, 0.3) is 0 Å². The van der Waals surface area contributed by atoms with Crippen molar-refractivity contribution in [3.05, 3.63) is 77.1 Å². The molecule has 0 aliphatic rings. The molecule has 0 fully saturated rings. The zero-order valence-corrected chi connectivity index (χ0v) is 19.5. The molecule has 0 N–H and O–H groups in total. The lowest BCUT2D eigenvalue weighted by Gasteiger charge is -2.22. The number of aryl methyl sites for hydroxylation is 1. The predicted octanol–water partition coefficient (Wildman–Crippen LogP) is 3.65. The van der Waals surface area contributed by atoms with Gasteiger partial charge in [0, 0.05) is 51.2 Å². The molecule has 2 aromatic carbocycles. The molecule has 0 atom stereocenters. The maximum absolute atomic E-state index is 12.8. The number of aromatic nitrogens is 2. The van der Waals surface area contributed by atoms with E-state index in [-0.39, 0.29) is 5.91 Å². The first-order chi connectivity index (χ1) is 14.8. The fraction of sp³-hybridized carbons (Fsp3) is 0.360. The van der Waals surface area contributed by atoms with Crippen LogP contribution in [0, 0.1) is 13.8 Å². The van der Waals surface area contributed by atoms with Crippen LogP contribution < -0.4 is 4.90 Å². The smallest absolute Gasteiger partial charge is 0.236 e. The first-order valence-corrected chi connectivity index (χ1v) is 10.6. The lowest BCUT2D eigenvalue weighted by atomic mass is 10.1. The number of likely N-dealkylation sites (N-methyl/N-ethyl adjacent to an activating group) is 2. The molecule has 0 saturated carbocycles. The van der Waals surface area contributed by atoms with Crippen molar-refractivity contribution in [3.8, 4) is 5.69 Å². The van der Waals surface area contributed by atoms with Gasteiger partial charge in [-0.1, -0.05) is 30.3 Å². The van der Waals surface area contributed by atoms with Gasteiger partial charge in [0.2, 0.25) is 5.91 Å². The summed E-state index contributed by atoms with van der Waals surface area (Å²) in [4.78, 5) is 18.7. The summed E-state index contributed by atoms with van der Waals surface area (Å²) in [7, 11) is 7.89. The molecule has 3 rings (SSSR count). The van der Waals surface area contributed by atoms with E-state index in [1.54, 1.807) is 4.90 Å². The average Bonchev–Trinajstić information content (AvgIpc) is 3.03. The van der Waals surface area contributed by atoms with Gasteiger partial charge in [0.15, 0.2) is 0 Å². The van der Waals surface area contributed by atoms with E-state index in [2.05, 4.69) is 53.1 Å². The molecule has 1 aromatic heterocycles. The molecular formula is C25H33N5O. The third-order valence-corrected chi connectivity index (χ3v) is 5.57. The van der Waals surface area contributed by atoms with Crippen molar-refractivity contribution in [1.82, 2.24) is 19.6 Å². The molecule has 0 unspecified atom stereocenters. The van der Waals surface area contributed by atoms with Crippen LogP contribution in [0.1, 0.15) is 22.5 Å². The Kier molecular flexibility index (Phi) is 7.13. The SMILES string of the molecule is Cc1nn(-c2ccccc2)c(C)c1CN(C)CC(=O)N(C)Cc1ccc(N(C)C)cc1. The first kappa shape index (κ1) is 22.6. The molecule has 164 valence electrons. The largest absolute Gasteiger partial charge is 0.378 e. The second kappa shape index (κ2) is 9.79. The number of hydrogen-bond donors (Lipinski definition) is 0. The van der Waals surface area contributed by atoms with Gasteiger partial charge < -0.3 is 9.80 Å². The zero-order chi connectivity index (χ0) is 22.5. The van der Waals surface area contributed by atoms with Crippen LogP contribution in [0.4, 0.5) is 5.69 Å². The Morgan fingerprint density at radius 2 is 1.55 bits per heavy atom. The van der Waals surface area contributed by atoms with Gasteiger partial charge >= 0.3 is 0 Å². The quantitative estimate of drug-likeness (QED) is 0.559. The first-order valence-electron chi connectivity index (χ1n) is 10.6. The van der Waals surface area contributed by atoms with Gasteiger partial charge in [-0.25, -0.2) is 4.68 Å². The highest BCUT2D eigenvalue weighted by atomic mass is 16.2. The number of nitrogens with zero attached hydrogens (tertiary/aromatic N) is 5. The standard InChI is InChI=1S/C25H33N5O/c1-19-24(20(2)30(26-19)23-10-8-7-9-11-23)17-28(5)18-25(31)29(6)16-21-12-14-22(15-13-21)27(3)4/h7-15H,16-18H2,1-6H3. The number of anilines is 1. The Morgan fingerprint density at radius 1 is 0.903 bits per heavy atom. The van der Waals surface area contributed by atoms with Crippen LogP contribution in [-0.2, 0) is 17.9 Å². The molecule has 6 nitrogen and oxygen atoms in total. The lowest BCUT2D eigenvalue weighted by molar-refractivity contribution is -0.131. The van der Waals surface area contributed by atoms with Gasteiger partial charge in [0.05, 0.1) is 17.9 Å². The molecule has 0 bridgehead atoms. The maximum Gasteiger partial charge on any atom is 0.236 e. The van der Waals surface area contributed by atoms with E-state index in [0.29, 0.717) is 19.6 Å². The number of carbonyl (C=O) groups is 1. The highest BCUT2D eigenvalue weighted by Gasteiger charge is 2.17. The average molecular weight is 420 g/mol. The van der Waals surface area contributed by atoms with Crippen LogP contribution >= 0.6 is 0 Å². The fourth-order valence-electron chi connectivity index (χ4n) is 3.66. The fourth-order valence-corrected chi connectivity index (χ4v) is 3.66. The van der Waals surface area contributed by atoms with Gasteiger partial charge in [-0.3, -0.25) is 9.69 Å². The number of amides is 1. The van der Waals surface area contributed by atoms with Crippen LogP contribution in [0.15, 0.2) is 54.6 Å². The summed E-state index contributed by atoms with van der Waals surface area (Å²) in [6, 6.07) is 18.4. The maximum atomic E-state index is 12.8. The molecule has 31 heavy (non-hydrogen) atoms. The van der Waals surface area contributed by atoms with Crippen molar-refractivity contribution in [3.63, 3.8) is 0 Å². The van der Waals surface area contributed by atoms with E-state index in [1.807, 2.05) is 58.0 Å². The number of para-hydroxylation sites is 1. The van der Waals surface area contributed by atoms with E-state index in [4.69, 9.17) is 5.10 Å². The van der Waals surface area contributed by atoms with Gasteiger partial charge in [-0.2, -0.15) is 5.10 Å². The second-order valence-electron chi connectivity index (χ2n) is 8.38. The molecule has 3 aromatic rings. The lowest BCUT2D eigenvalue weighted by Crippen LogP contribution is -2.36. The second-order valence-corrected chi connectivity index (χ2v) is 8.38. The van der Waals surface area contributed by atoms with Crippen molar-refractivity contribution in [2.75, 3.05) is 39.6 Å². The van der Waals surface area contributed by atoms with Crippen LogP contribution in [0.25, 0.3) is 5.69 Å². The number of hydrogen-bond acceptors (Lipinski definition) is 4. The Hall–Kier alpha value is -3.12. The highest BCUT2D eigenvalue weighted by Crippen LogP contribution is 2.19. The molecular weight excluding hydrogens is 386 g/mol. The van der Waals surface area contributed by atoms with E-state index < -0.39 is 0 Å². The highest BCUT2D eigenvalue weighted by molar-refractivity contribution is 5.78. The van der Waals surface area contributed by atoms with Crippen molar-refractivity contribution >= 4 is 11.6 Å². The predicted molar refractivity (Wildman–Crippen MR) is 127 cm³/mol. The summed E-state index contributed by atoms with van der Waals surface area (Å²) in [6.07, 6.45) is 0. The number of benzene rings is 2. The molecule has 0 spiro atoms. The van der Waals surface area contributed by atoms with Crippen molar-refractivity contribution in [2.45, 2.75) is 26.9 Å². The molecule has 0 aliphatic carbocycles. The summed E-state index contributed by atoms with van der Waals surface area (Å²) < 4.78 is 1.98. The molecule has 0 saturated heterocycles. The monoisotopic (exact) mass is 419 g/mol. The Morgan fingerprint density at radius 3 is 2.16 bits per heavy atom.